The van der Waals surface area contributed by atoms with E-state index in [2.05, 4.69) is 9.97 Å². The molecule has 1 aromatic rings. The summed E-state index contributed by atoms with van der Waals surface area (Å²) in [7, 11) is 0. The number of carboxylic acid groups (broad SMARTS) is 1. The Kier molecular flexibility index (Phi) is 3.36. The first kappa shape index (κ1) is 12.2. The zero-order valence-electron chi connectivity index (χ0n) is 9.96. The second-order valence-corrected chi connectivity index (χ2v) is 4.02. The third kappa shape index (κ3) is 2.53. The summed E-state index contributed by atoms with van der Waals surface area (Å²) in [6, 6.07) is 1.36. The number of hydrogen-bond donors (Lipinski definition) is 1. The normalized spacial score (nSPS) is 15.2. The maximum atomic E-state index is 11.2. The largest absolute Gasteiger partial charge is 0.477 e. The van der Waals surface area contributed by atoms with Crippen LogP contribution in [0.15, 0.2) is 18.3 Å². The number of hydrogen-bond acceptors (Lipinski definition) is 4. The lowest BCUT2D eigenvalue weighted by Crippen LogP contribution is -2.32. The van der Waals surface area contributed by atoms with Gasteiger partial charge in [-0.1, -0.05) is 6.08 Å². The highest BCUT2D eigenvalue weighted by Crippen LogP contribution is 2.19. The van der Waals surface area contributed by atoms with Crippen LogP contribution in [0.5, 0.6) is 0 Å². The van der Waals surface area contributed by atoms with Crippen molar-refractivity contribution in [1.29, 1.82) is 0 Å². The molecule has 1 aliphatic rings. The molecule has 1 aromatic heterocycles. The molecule has 2 rings (SSSR count). The molecule has 0 aliphatic carbocycles. The number of carbonyl (C=O) groups excluding carboxylic acids is 1. The van der Waals surface area contributed by atoms with E-state index in [0.717, 1.165) is 5.57 Å². The van der Waals surface area contributed by atoms with Gasteiger partial charge in [0.2, 0.25) is 5.91 Å². The van der Waals surface area contributed by atoms with E-state index in [4.69, 9.17) is 5.11 Å². The van der Waals surface area contributed by atoms with Gasteiger partial charge in [-0.2, -0.15) is 0 Å². The minimum Gasteiger partial charge on any atom is -0.477 e. The molecule has 0 spiro atoms. The fourth-order valence-corrected chi connectivity index (χ4v) is 1.79. The van der Waals surface area contributed by atoms with Gasteiger partial charge in [-0.25, -0.2) is 14.8 Å². The predicted octanol–water partition coefficient (Wildman–Crippen LogP) is 0.810. The van der Waals surface area contributed by atoms with E-state index in [9.17, 15) is 9.59 Å². The van der Waals surface area contributed by atoms with E-state index in [1.54, 1.807) is 4.90 Å². The first-order valence-electron chi connectivity index (χ1n) is 5.59. The van der Waals surface area contributed by atoms with Crippen LogP contribution in [0.4, 0.5) is 0 Å². The molecule has 0 bridgehead atoms. The van der Waals surface area contributed by atoms with Crippen molar-refractivity contribution in [2.24, 2.45) is 0 Å². The Morgan fingerprint density at radius 2 is 2.22 bits per heavy atom. The topological polar surface area (TPSA) is 83.4 Å². The number of rotatable bonds is 2. The zero-order valence-corrected chi connectivity index (χ0v) is 9.96. The molecule has 18 heavy (non-hydrogen) atoms. The van der Waals surface area contributed by atoms with Crippen molar-refractivity contribution in [2.75, 3.05) is 13.1 Å². The van der Waals surface area contributed by atoms with Crippen molar-refractivity contribution in [3.63, 3.8) is 0 Å². The Morgan fingerprint density at radius 1 is 1.44 bits per heavy atom. The highest BCUT2D eigenvalue weighted by Gasteiger charge is 2.17. The second-order valence-electron chi connectivity index (χ2n) is 4.02. The second kappa shape index (κ2) is 4.95. The first-order chi connectivity index (χ1) is 8.58. The third-order valence-electron chi connectivity index (χ3n) is 2.82. The van der Waals surface area contributed by atoms with Crippen molar-refractivity contribution in [2.45, 2.75) is 13.3 Å². The molecule has 0 radical (unpaired) electrons. The van der Waals surface area contributed by atoms with E-state index in [-0.39, 0.29) is 11.6 Å². The molecule has 1 aliphatic heterocycles. The van der Waals surface area contributed by atoms with E-state index < -0.39 is 5.97 Å². The fourth-order valence-electron chi connectivity index (χ4n) is 1.79. The maximum Gasteiger partial charge on any atom is 0.354 e. The van der Waals surface area contributed by atoms with Gasteiger partial charge in [0.15, 0.2) is 11.5 Å². The number of carboxylic acids is 1. The van der Waals surface area contributed by atoms with Gasteiger partial charge in [0.05, 0.1) is 0 Å². The average Bonchev–Trinajstić information content (AvgIpc) is 2.39. The molecular weight excluding hydrogens is 234 g/mol. The first-order valence-corrected chi connectivity index (χ1v) is 5.59. The molecule has 0 saturated heterocycles. The summed E-state index contributed by atoms with van der Waals surface area (Å²) in [6.45, 7) is 2.66. The summed E-state index contributed by atoms with van der Waals surface area (Å²) in [5.41, 5.74) is 0.866. The van der Waals surface area contributed by atoms with Gasteiger partial charge in [-0.3, -0.25) is 4.79 Å². The molecule has 0 atom stereocenters. The fraction of sp³-hybridized carbons (Fsp3) is 0.333. The van der Waals surface area contributed by atoms with Crippen molar-refractivity contribution in [3.8, 4) is 0 Å². The zero-order chi connectivity index (χ0) is 13.1. The van der Waals surface area contributed by atoms with Crippen LogP contribution in [0.3, 0.4) is 0 Å². The van der Waals surface area contributed by atoms with Gasteiger partial charge in [0.1, 0.15) is 0 Å². The van der Waals surface area contributed by atoms with E-state index in [1.807, 2.05) is 6.08 Å². The van der Waals surface area contributed by atoms with Gasteiger partial charge >= 0.3 is 5.97 Å². The van der Waals surface area contributed by atoms with Crippen LogP contribution in [-0.4, -0.2) is 44.9 Å². The number of amides is 1. The van der Waals surface area contributed by atoms with Crippen molar-refractivity contribution < 1.29 is 14.7 Å². The highest BCUT2D eigenvalue weighted by atomic mass is 16.4. The molecule has 6 nitrogen and oxygen atoms in total. The Morgan fingerprint density at radius 3 is 2.78 bits per heavy atom. The molecule has 94 valence electrons. The molecule has 1 N–H and O–H groups in total. The Balaban J connectivity index is 2.20. The summed E-state index contributed by atoms with van der Waals surface area (Å²) in [4.78, 5) is 31.8. The van der Waals surface area contributed by atoms with Gasteiger partial charge in [-0.05, 0) is 18.1 Å². The van der Waals surface area contributed by atoms with Gasteiger partial charge in [-0.15, -0.1) is 0 Å². The van der Waals surface area contributed by atoms with Crippen LogP contribution in [0.1, 0.15) is 29.7 Å². The maximum absolute atomic E-state index is 11.2. The molecule has 0 unspecified atom stereocenters. The monoisotopic (exact) mass is 247 g/mol. The van der Waals surface area contributed by atoms with E-state index in [1.165, 1.54) is 19.2 Å². The van der Waals surface area contributed by atoms with Crippen molar-refractivity contribution in [3.05, 3.63) is 29.9 Å². The Labute approximate surface area is 104 Å². The standard InChI is InChI=1S/C12H13N3O3/c1-8(16)15-6-3-9(4-7-15)11-13-5-2-10(14-11)12(17)18/h2-3,5H,4,6-7H2,1H3,(H,17,18). The van der Waals surface area contributed by atoms with Crippen LogP contribution in [0.2, 0.25) is 0 Å². The number of carbonyl (C=O) groups is 2. The average molecular weight is 247 g/mol. The van der Waals surface area contributed by atoms with Crippen LogP contribution >= 0.6 is 0 Å². The lowest BCUT2D eigenvalue weighted by atomic mass is 10.1. The molecule has 6 heteroatoms. The van der Waals surface area contributed by atoms with E-state index >= 15 is 0 Å². The smallest absolute Gasteiger partial charge is 0.354 e. The van der Waals surface area contributed by atoms with Gasteiger partial charge < -0.3 is 10.0 Å². The van der Waals surface area contributed by atoms with E-state index in [0.29, 0.717) is 25.3 Å². The quantitative estimate of drug-likeness (QED) is 0.836. The minimum atomic E-state index is -1.07. The summed E-state index contributed by atoms with van der Waals surface area (Å²) >= 11 is 0. The van der Waals surface area contributed by atoms with Gasteiger partial charge in [0, 0.05) is 26.2 Å². The summed E-state index contributed by atoms with van der Waals surface area (Å²) in [5.74, 6) is -0.607. The highest BCUT2D eigenvalue weighted by molar-refractivity contribution is 5.85. The summed E-state index contributed by atoms with van der Waals surface area (Å²) in [5, 5.41) is 8.86. The molecule has 2 heterocycles. The predicted molar refractivity (Wildman–Crippen MR) is 63.8 cm³/mol. The van der Waals surface area contributed by atoms with Crippen molar-refractivity contribution >= 4 is 17.4 Å². The number of aromatic nitrogens is 2. The lowest BCUT2D eigenvalue weighted by Gasteiger charge is -2.24. The lowest BCUT2D eigenvalue weighted by molar-refractivity contribution is -0.128. The molecular formula is C12H13N3O3. The Bertz CT molecular complexity index is 525. The van der Waals surface area contributed by atoms with Crippen molar-refractivity contribution in [1.82, 2.24) is 14.9 Å². The summed E-state index contributed by atoms with van der Waals surface area (Å²) in [6.07, 6.45) is 3.94. The number of nitrogens with zero attached hydrogens (tertiary/aromatic N) is 3. The SMILES string of the molecule is CC(=O)N1CC=C(c2nccc(C(=O)O)n2)CC1. The van der Waals surface area contributed by atoms with Crippen LogP contribution in [0.25, 0.3) is 5.57 Å². The molecule has 0 saturated carbocycles. The number of aromatic carboxylic acids is 1. The summed E-state index contributed by atoms with van der Waals surface area (Å²) < 4.78 is 0. The molecule has 0 aromatic carbocycles. The molecule has 1 amide bonds. The van der Waals surface area contributed by atoms with Gasteiger partial charge in [0.25, 0.3) is 0 Å². The Hall–Kier alpha value is -2.24. The third-order valence-corrected chi connectivity index (χ3v) is 2.82. The van der Waals surface area contributed by atoms with Crippen LogP contribution in [-0.2, 0) is 4.79 Å². The van der Waals surface area contributed by atoms with Crippen LogP contribution < -0.4 is 0 Å². The van der Waals surface area contributed by atoms with Crippen LogP contribution in [0, 0.1) is 0 Å². The minimum absolute atomic E-state index is 0.0186. The molecule has 0 fully saturated rings.